The number of ether oxygens (including phenoxy) is 2. The van der Waals surface area contributed by atoms with Crippen LogP contribution in [0.25, 0.3) is 11.3 Å². The van der Waals surface area contributed by atoms with Gasteiger partial charge >= 0.3 is 0 Å². The number of rotatable bonds is 9. The van der Waals surface area contributed by atoms with Gasteiger partial charge in [0.25, 0.3) is 5.91 Å². The smallest absolute Gasteiger partial charge is 0.289 e. The van der Waals surface area contributed by atoms with Gasteiger partial charge in [0.05, 0.1) is 25.1 Å². The maximum Gasteiger partial charge on any atom is 0.289 e. The Labute approximate surface area is 169 Å². The quantitative estimate of drug-likeness (QED) is 0.425. The number of amides is 1. The van der Waals surface area contributed by atoms with Crippen molar-refractivity contribution in [2.24, 2.45) is 5.10 Å². The summed E-state index contributed by atoms with van der Waals surface area (Å²) in [6.07, 6.45) is 2.53. The monoisotopic (exact) mass is 392 g/mol. The van der Waals surface area contributed by atoms with Crippen molar-refractivity contribution in [1.29, 1.82) is 0 Å². The summed E-state index contributed by atoms with van der Waals surface area (Å²) in [5.74, 6) is 1.24. The third-order valence-corrected chi connectivity index (χ3v) is 4.02. The van der Waals surface area contributed by atoms with E-state index in [4.69, 9.17) is 9.47 Å². The molecule has 1 amide bonds. The number of aromatic amines is 1. The van der Waals surface area contributed by atoms with Crippen molar-refractivity contribution in [3.05, 3.63) is 65.9 Å². The molecule has 0 unspecified atom stereocenters. The van der Waals surface area contributed by atoms with Gasteiger partial charge in [0, 0.05) is 5.56 Å². The van der Waals surface area contributed by atoms with Crippen LogP contribution in [0.15, 0.2) is 59.7 Å². The van der Waals surface area contributed by atoms with Crippen LogP contribution in [0.3, 0.4) is 0 Å². The van der Waals surface area contributed by atoms with Gasteiger partial charge in [0.15, 0.2) is 0 Å². The van der Waals surface area contributed by atoms with Gasteiger partial charge in [-0.2, -0.15) is 10.2 Å². The molecule has 7 nitrogen and oxygen atoms in total. The molecular formula is C22H24N4O3. The molecule has 0 aliphatic rings. The first-order chi connectivity index (χ1) is 14.2. The van der Waals surface area contributed by atoms with Crippen molar-refractivity contribution < 1.29 is 14.3 Å². The fraction of sp³-hybridized carbons (Fsp3) is 0.227. The largest absolute Gasteiger partial charge is 0.494 e. The molecule has 150 valence electrons. The van der Waals surface area contributed by atoms with Crippen LogP contribution >= 0.6 is 0 Å². The normalized spacial score (nSPS) is 10.8. The fourth-order valence-corrected chi connectivity index (χ4v) is 2.57. The molecule has 29 heavy (non-hydrogen) atoms. The second kappa shape index (κ2) is 10.1. The molecule has 0 bridgehead atoms. The van der Waals surface area contributed by atoms with E-state index in [1.54, 1.807) is 12.3 Å². The molecule has 0 saturated heterocycles. The summed E-state index contributed by atoms with van der Waals surface area (Å²) in [4.78, 5) is 12.3. The molecule has 1 heterocycles. The predicted octanol–water partition coefficient (Wildman–Crippen LogP) is 4.03. The number of hydrogen-bond acceptors (Lipinski definition) is 5. The Kier molecular flexibility index (Phi) is 7.00. The van der Waals surface area contributed by atoms with Crippen LogP contribution in [0.5, 0.6) is 11.5 Å². The number of carbonyl (C=O) groups excluding carboxylic acids is 1. The van der Waals surface area contributed by atoms with Gasteiger partial charge in [-0.3, -0.25) is 9.89 Å². The van der Waals surface area contributed by atoms with E-state index in [2.05, 4.69) is 27.6 Å². The first kappa shape index (κ1) is 20.1. The molecule has 0 spiro atoms. The number of nitrogens with one attached hydrogen (secondary N) is 2. The zero-order chi connectivity index (χ0) is 20.5. The molecular weight excluding hydrogens is 368 g/mol. The molecule has 3 rings (SSSR count). The highest BCUT2D eigenvalue weighted by molar-refractivity contribution is 5.94. The highest BCUT2D eigenvalue weighted by atomic mass is 16.5. The van der Waals surface area contributed by atoms with E-state index < -0.39 is 0 Å². The highest BCUT2D eigenvalue weighted by Crippen LogP contribution is 2.21. The predicted molar refractivity (Wildman–Crippen MR) is 112 cm³/mol. The van der Waals surface area contributed by atoms with Gasteiger partial charge in [0.1, 0.15) is 17.2 Å². The summed E-state index contributed by atoms with van der Waals surface area (Å²) in [6.45, 7) is 5.30. The van der Waals surface area contributed by atoms with Crippen molar-refractivity contribution >= 4 is 12.1 Å². The number of hydrazone groups is 1. The van der Waals surface area contributed by atoms with Gasteiger partial charge in [0.2, 0.25) is 0 Å². The molecule has 1 aromatic heterocycles. The minimum absolute atomic E-state index is 0.329. The summed E-state index contributed by atoms with van der Waals surface area (Å²) in [7, 11) is 0. The van der Waals surface area contributed by atoms with E-state index in [1.807, 2.05) is 55.5 Å². The number of H-pyrrole nitrogens is 1. The lowest BCUT2D eigenvalue weighted by atomic mass is 10.1. The minimum atomic E-state index is -0.367. The Morgan fingerprint density at radius 2 is 1.76 bits per heavy atom. The Bertz CT molecular complexity index is 947. The van der Waals surface area contributed by atoms with E-state index in [9.17, 15) is 4.79 Å². The van der Waals surface area contributed by atoms with Crippen LogP contribution in [0, 0.1) is 0 Å². The van der Waals surface area contributed by atoms with E-state index in [0.717, 1.165) is 29.0 Å². The van der Waals surface area contributed by atoms with Gasteiger partial charge in [-0.25, -0.2) is 5.43 Å². The molecule has 0 radical (unpaired) electrons. The van der Waals surface area contributed by atoms with Gasteiger partial charge < -0.3 is 9.47 Å². The van der Waals surface area contributed by atoms with Crippen molar-refractivity contribution in [2.75, 3.05) is 13.2 Å². The zero-order valence-electron chi connectivity index (χ0n) is 16.5. The van der Waals surface area contributed by atoms with Gasteiger partial charge in [-0.1, -0.05) is 6.92 Å². The Morgan fingerprint density at radius 3 is 2.45 bits per heavy atom. The lowest BCUT2D eigenvalue weighted by Crippen LogP contribution is -2.17. The molecule has 0 fully saturated rings. The number of hydrogen-bond donors (Lipinski definition) is 2. The van der Waals surface area contributed by atoms with Crippen molar-refractivity contribution in [1.82, 2.24) is 15.6 Å². The first-order valence-electron chi connectivity index (χ1n) is 9.54. The highest BCUT2D eigenvalue weighted by Gasteiger charge is 2.10. The maximum atomic E-state index is 12.3. The summed E-state index contributed by atoms with van der Waals surface area (Å²) in [6, 6.07) is 16.7. The van der Waals surface area contributed by atoms with Gasteiger partial charge in [-0.15, -0.1) is 0 Å². The average molecular weight is 392 g/mol. The van der Waals surface area contributed by atoms with Crippen LogP contribution in [-0.4, -0.2) is 35.5 Å². The van der Waals surface area contributed by atoms with Crippen molar-refractivity contribution in [3.63, 3.8) is 0 Å². The number of aromatic nitrogens is 2. The summed E-state index contributed by atoms with van der Waals surface area (Å²) in [5, 5.41) is 10.9. The summed E-state index contributed by atoms with van der Waals surface area (Å²) < 4.78 is 11.0. The van der Waals surface area contributed by atoms with Crippen molar-refractivity contribution in [3.8, 4) is 22.8 Å². The third kappa shape index (κ3) is 5.68. The molecule has 7 heteroatoms. The molecule has 2 N–H and O–H groups in total. The van der Waals surface area contributed by atoms with Crippen LogP contribution in [0.2, 0.25) is 0 Å². The Hall–Kier alpha value is -3.61. The summed E-state index contributed by atoms with van der Waals surface area (Å²) in [5.41, 5.74) is 5.24. The van der Waals surface area contributed by atoms with Crippen LogP contribution < -0.4 is 14.9 Å². The van der Waals surface area contributed by atoms with E-state index in [-0.39, 0.29) is 5.91 Å². The topological polar surface area (TPSA) is 88.6 Å². The fourth-order valence-electron chi connectivity index (χ4n) is 2.57. The lowest BCUT2D eigenvalue weighted by molar-refractivity contribution is 0.0950. The molecule has 0 aliphatic carbocycles. The van der Waals surface area contributed by atoms with E-state index in [1.165, 1.54) is 0 Å². The Morgan fingerprint density at radius 1 is 1.07 bits per heavy atom. The van der Waals surface area contributed by atoms with Crippen LogP contribution in [0.4, 0.5) is 0 Å². The van der Waals surface area contributed by atoms with Crippen molar-refractivity contribution in [2.45, 2.75) is 20.3 Å². The second-order valence-corrected chi connectivity index (χ2v) is 6.24. The third-order valence-electron chi connectivity index (χ3n) is 4.02. The zero-order valence-corrected chi connectivity index (χ0v) is 16.5. The molecule has 0 saturated carbocycles. The average Bonchev–Trinajstić information content (AvgIpc) is 3.24. The number of nitrogens with zero attached hydrogens (tertiary/aromatic N) is 2. The first-order valence-corrected chi connectivity index (χ1v) is 9.54. The summed E-state index contributed by atoms with van der Waals surface area (Å²) >= 11 is 0. The molecule has 0 aliphatic heterocycles. The van der Waals surface area contributed by atoms with E-state index in [0.29, 0.717) is 24.6 Å². The lowest BCUT2D eigenvalue weighted by Gasteiger charge is -2.04. The number of benzene rings is 2. The molecule has 2 aromatic carbocycles. The second-order valence-electron chi connectivity index (χ2n) is 6.24. The molecule has 0 atom stereocenters. The van der Waals surface area contributed by atoms with Crippen LogP contribution in [-0.2, 0) is 0 Å². The number of carbonyl (C=O) groups is 1. The maximum absolute atomic E-state index is 12.3. The van der Waals surface area contributed by atoms with E-state index >= 15 is 0 Å². The van der Waals surface area contributed by atoms with Gasteiger partial charge in [-0.05, 0) is 73.5 Å². The van der Waals surface area contributed by atoms with Crippen LogP contribution in [0.1, 0.15) is 36.3 Å². The molecule has 3 aromatic rings. The SMILES string of the molecule is CCCOc1ccc(-c2cc(C(=O)N/N=C/c3ccc(OCC)cc3)[nH]n2)cc1. The Balaban J connectivity index is 1.57. The standard InChI is InChI=1S/C22H24N4O3/c1-3-13-29-19-11-7-17(8-12-19)20-14-21(25-24-20)22(27)26-23-15-16-5-9-18(10-6-16)28-4-2/h5-12,14-15H,3-4,13H2,1-2H3,(H,24,25)(H,26,27)/b23-15+. The minimum Gasteiger partial charge on any atom is -0.494 e.